The fourth-order valence-corrected chi connectivity index (χ4v) is 2.89. The fraction of sp³-hybridized carbons (Fsp3) is 0.500. The van der Waals surface area contributed by atoms with Crippen LogP contribution in [0, 0.1) is 11.3 Å². The average Bonchev–Trinajstić information content (AvgIpc) is 2.44. The molecule has 2 N–H and O–H groups in total. The zero-order chi connectivity index (χ0) is 15.9. The lowest BCUT2D eigenvalue weighted by Gasteiger charge is -2.23. The molecule has 0 radical (unpaired) electrons. The van der Waals surface area contributed by atoms with E-state index in [1.807, 2.05) is 6.07 Å². The predicted octanol–water partition coefficient (Wildman–Crippen LogP) is 0.765. The summed E-state index contributed by atoms with van der Waals surface area (Å²) in [6.45, 7) is 1.83. The van der Waals surface area contributed by atoms with Crippen LogP contribution in [0.1, 0.15) is 24.5 Å². The van der Waals surface area contributed by atoms with E-state index in [0.717, 1.165) is 0 Å². The molecule has 1 unspecified atom stereocenters. The van der Waals surface area contributed by atoms with E-state index >= 15 is 0 Å². The Kier molecular flexibility index (Phi) is 6.30. The normalized spacial score (nSPS) is 14.4. The van der Waals surface area contributed by atoms with Crippen LogP contribution in [0.2, 0.25) is 0 Å². The van der Waals surface area contributed by atoms with E-state index in [-0.39, 0.29) is 12.3 Å². The Morgan fingerprint density at radius 2 is 2.00 bits per heavy atom. The summed E-state index contributed by atoms with van der Waals surface area (Å²) in [6, 6.07) is 8.31. The number of hydrogen-bond acceptors (Lipinski definition) is 5. The SMILES string of the molecule is COCCC(C)(O)CNS(=O)(=O)Cc1ccc(C#N)cc1. The summed E-state index contributed by atoms with van der Waals surface area (Å²) in [5.41, 5.74) is -0.0991. The standard InChI is InChI=1S/C14H20N2O4S/c1-14(17,7-8-20-2)11-16-21(18,19)10-13-5-3-12(9-15)4-6-13/h3-6,16-17H,7-8,10-11H2,1-2H3. The molecule has 1 aromatic carbocycles. The van der Waals surface area contributed by atoms with Gasteiger partial charge >= 0.3 is 0 Å². The highest BCUT2D eigenvalue weighted by Crippen LogP contribution is 2.10. The zero-order valence-electron chi connectivity index (χ0n) is 12.2. The number of methoxy groups -OCH3 is 1. The Hall–Kier alpha value is -1.46. The minimum atomic E-state index is -3.55. The largest absolute Gasteiger partial charge is 0.389 e. The summed E-state index contributed by atoms with van der Waals surface area (Å²) in [4.78, 5) is 0. The summed E-state index contributed by atoms with van der Waals surface area (Å²) >= 11 is 0. The van der Waals surface area contributed by atoms with Gasteiger partial charge in [-0.1, -0.05) is 12.1 Å². The third kappa shape index (κ3) is 6.69. The van der Waals surface area contributed by atoms with Crippen molar-refractivity contribution in [2.75, 3.05) is 20.3 Å². The van der Waals surface area contributed by atoms with Gasteiger partial charge in [0.05, 0.1) is 23.0 Å². The number of sulfonamides is 1. The maximum Gasteiger partial charge on any atom is 0.215 e. The molecule has 0 amide bonds. The highest BCUT2D eigenvalue weighted by Gasteiger charge is 2.23. The van der Waals surface area contributed by atoms with Crippen molar-refractivity contribution in [3.8, 4) is 6.07 Å². The number of benzene rings is 1. The van der Waals surface area contributed by atoms with Crippen molar-refractivity contribution in [2.24, 2.45) is 0 Å². The molecule has 0 aromatic heterocycles. The van der Waals surface area contributed by atoms with Crippen LogP contribution in [-0.2, 0) is 20.5 Å². The number of nitrogens with one attached hydrogen (secondary N) is 1. The lowest BCUT2D eigenvalue weighted by atomic mass is 10.0. The Morgan fingerprint density at radius 1 is 1.38 bits per heavy atom. The summed E-state index contributed by atoms with van der Waals surface area (Å²) < 4.78 is 31.2. The van der Waals surface area contributed by atoms with Gasteiger partial charge in [-0.05, 0) is 24.6 Å². The molecule has 1 rings (SSSR count). The highest BCUT2D eigenvalue weighted by atomic mass is 32.2. The molecule has 0 spiro atoms. The van der Waals surface area contributed by atoms with Gasteiger partial charge in [-0.25, -0.2) is 13.1 Å². The third-order valence-electron chi connectivity index (χ3n) is 2.96. The number of nitrogens with zero attached hydrogens (tertiary/aromatic N) is 1. The van der Waals surface area contributed by atoms with Crippen molar-refractivity contribution in [3.05, 3.63) is 35.4 Å². The first-order valence-corrected chi connectivity index (χ1v) is 8.11. The maximum absolute atomic E-state index is 12.0. The van der Waals surface area contributed by atoms with Crippen molar-refractivity contribution in [3.63, 3.8) is 0 Å². The first-order chi connectivity index (χ1) is 9.78. The molecule has 0 fully saturated rings. The monoisotopic (exact) mass is 312 g/mol. The van der Waals surface area contributed by atoms with E-state index < -0.39 is 15.6 Å². The lowest BCUT2D eigenvalue weighted by Crippen LogP contribution is -2.41. The van der Waals surface area contributed by atoms with Crippen LogP contribution in [0.3, 0.4) is 0 Å². The van der Waals surface area contributed by atoms with E-state index in [0.29, 0.717) is 24.2 Å². The van der Waals surface area contributed by atoms with E-state index in [4.69, 9.17) is 10.00 Å². The zero-order valence-corrected chi connectivity index (χ0v) is 13.0. The molecule has 6 nitrogen and oxygen atoms in total. The van der Waals surface area contributed by atoms with Gasteiger partial charge in [0.2, 0.25) is 10.0 Å². The molecule has 0 saturated carbocycles. The summed E-state index contributed by atoms with van der Waals surface area (Å²) in [7, 11) is -2.03. The van der Waals surface area contributed by atoms with E-state index in [1.54, 1.807) is 31.2 Å². The van der Waals surface area contributed by atoms with Gasteiger partial charge in [0.25, 0.3) is 0 Å². The number of nitriles is 1. The number of hydrogen-bond donors (Lipinski definition) is 2. The summed E-state index contributed by atoms with van der Waals surface area (Å²) in [5, 5.41) is 18.7. The molecule has 0 saturated heterocycles. The van der Waals surface area contributed by atoms with Crippen LogP contribution < -0.4 is 4.72 Å². The van der Waals surface area contributed by atoms with Gasteiger partial charge in [-0.15, -0.1) is 0 Å². The van der Waals surface area contributed by atoms with Gasteiger partial charge in [0.1, 0.15) is 0 Å². The van der Waals surface area contributed by atoms with E-state index in [1.165, 1.54) is 7.11 Å². The predicted molar refractivity (Wildman–Crippen MR) is 78.9 cm³/mol. The maximum atomic E-state index is 12.0. The number of ether oxygens (including phenoxy) is 1. The molecular weight excluding hydrogens is 292 g/mol. The van der Waals surface area contributed by atoms with Crippen molar-refractivity contribution in [1.29, 1.82) is 5.26 Å². The molecule has 1 aromatic rings. The fourth-order valence-electron chi connectivity index (χ4n) is 1.62. The molecule has 116 valence electrons. The minimum Gasteiger partial charge on any atom is -0.389 e. The second-order valence-electron chi connectivity index (χ2n) is 5.13. The van der Waals surface area contributed by atoms with Crippen molar-refractivity contribution in [2.45, 2.75) is 24.7 Å². The average molecular weight is 312 g/mol. The molecule has 0 bridgehead atoms. The molecule has 1 atom stereocenters. The minimum absolute atomic E-state index is 0.0744. The number of aliphatic hydroxyl groups is 1. The summed E-state index contributed by atoms with van der Waals surface area (Å²) in [6.07, 6.45) is 0.336. The highest BCUT2D eigenvalue weighted by molar-refractivity contribution is 7.88. The van der Waals surface area contributed by atoms with Gasteiger partial charge in [0.15, 0.2) is 0 Å². The van der Waals surface area contributed by atoms with Gasteiger partial charge in [-0.2, -0.15) is 5.26 Å². The second-order valence-corrected chi connectivity index (χ2v) is 6.94. The Balaban J connectivity index is 2.59. The summed E-state index contributed by atoms with van der Waals surface area (Å²) in [5.74, 6) is -0.195. The molecule has 21 heavy (non-hydrogen) atoms. The lowest BCUT2D eigenvalue weighted by molar-refractivity contribution is 0.0292. The molecule has 0 aliphatic heterocycles. The first kappa shape index (κ1) is 17.6. The van der Waals surface area contributed by atoms with Crippen LogP contribution in [0.25, 0.3) is 0 Å². The quantitative estimate of drug-likeness (QED) is 0.738. The van der Waals surface area contributed by atoms with Crippen molar-refractivity contribution < 1.29 is 18.3 Å². The van der Waals surface area contributed by atoms with Crippen molar-refractivity contribution >= 4 is 10.0 Å². The van der Waals surface area contributed by atoms with Gasteiger partial charge in [-0.3, -0.25) is 0 Å². The van der Waals surface area contributed by atoms with Crippen molar-refractivity contribution in [1.82, 2.24) is 4.72 Å². The molecular formula is C14H20N2O4S. The number of rotatable bonds is 8. The van der Waals surface area contributed by atoms with Gasteiger partial charge in [0, 0.05) is 26.7 Å². The van der Waals surface area contributed by atoms with Crippen LogP contribution in [0.5, 0.6) is 0 Å². The Bertz CT molecular complexity index is 588. The smallest absolute Gasteiger partial charge is 0.215 e. The van der Waals surface area contributed by atoms with Crippen LogP contribution in [-0.4, -0.2) is 39.4 Å². The molecule has 7 heteroatoms. The Morgan fingerprint density at radius 3 is 2.52 bits per heavy atom. The van der Waals surface area contributed by atoms with Crippen LogP contribution >= 0.6 is 0 Å². The van der Waals surface area contributed by atoms with Crippen LogP contribution in [0.15, 0.2) is 24.3 Å². The van der Waals surface area contributed by atoms with Crippen LogP contribution in [0.4, 0.5) is 0 Å². The molecule has 0 aliphatic rings. The second kappa shape index (κ2) is 7.52. The molecule has 0 aliphatic carbocycles. The van der Waals surface area contributed by atoms with Gasteiger partial charge < -0.3 is 9.84 Å². The molecule has 0 heterocycles. The third-order valence-corrected chi connectivity index (χ3v) is 4.25. The topological polar surface area (TPSA) is 99.4 Å². The van der Waals surface area contributed by atoms with E-state index in [9.17, 15) is 13.5 Å². The van der Waals surface area contributed by atoms with E-state index in [2.05, 4.69) is 4.72 Å². The first-order valence-electron chi connectivity index (χ1n) is 6.46. The Labute approximate surface area is 125 Å².